The second kappa shape index (κ2) is 11.9. The zero-order valence-electron chi connectivity index (χ0n) is 31.8. The van der Waals surface area contributed by atoms with E-state index in [9.17, 15) is 0 Å². The highest BCUT2D eigenvalue weighted by atomic mass is 16.3. The van der Waals surface area contributed by atoms with Gasteiger partial charge in [0.2, 0.25) is 0 Å². The van der Waals surface area contributed by atoms with Crippen LogP contribution in [0.25, 0.3) is 88.6 Å². The molecule has 14 rings (SSSR count). The average molecular weight is 732 g/mol. The van der Waals surface area contributed by atoms with Crippen molar-refractivity contribution in [3.8, 4) is 55.9 Å². The maximum atomic E-state index is 6.62. The van der Waals surface area contributed by atoms with E-state index in [1.54, 1.807) is 11.1 Å². The third-order valence-electron chi connectivity index (χ3n) is 14.7. The van der Waals surface area contributed by atoms with Gasteiger partial charge in [0, 0.05) is 27.3 Å². The summed E-state index contributed by atoms with van der Waals surface area (Å²) in [4.78, 5) is 5.58. The van der Waals surface area contributed by atoms with E-state index in [4.69, 9.17) is 9.40 Å². The summed E-state index contributed by atoms with van der Waals surface area (Å²) in [6.07, 6.45) is 6.78. The first-order valence-corrected chi connectivity index (χ1v) is 21.0. The normalized spacial score (nSPS) is 22.8. The van der Waals surface area contributed by atoms with Crippen LogP contribution in [0, 0.1) is 23.7 Å². The number of hydrogen-bond acceptors (Lipinski definition) is 2. The molecule has 4 bridgehead atoms. The fourth-order valence-corrected chi connectivity index (χ4v) is 12.6. The van der Waals surface area contributed by atoms with Gasteiger partial charge in [-0.2, -0.15) is 0 Å². The van der Waals surface area contributed by atoms with Crippen molar-refractivity contribution in [2.45, 2.75) is 37.5 Å². The molecule has 0 atom stereocenters. The van der Waals surface area contributed by atoms with Crippen molar-refractivity contribution in [3.63, 3.8) is 0 Å². The van der Waals surface area contributed by atoms with Gasteiger partial charge in [0.15, 0.2) is 0 Å². The number of aromatic nitrogens is 1. The van der Waals surface area contributed by atoms with E-state index in [0.29, 0.717) is 11.8 Å². The molecule has 2 nitrogen and oxygen atoms in total. The SMILES string of the molecule is c1ccc(-c2ccc(-c3cc(-c4ccccc4)nc(-c4cc5c(c6ccccc46)-c4c(ccc6oc7ccccc7c46)C54C5CC6CC(C5)CC4C6)c3)cc2)cc1. The minimum absolute atomic E-state index is 0.0173. The Labute approximate surface area is 332 Å². The summed E-state index contributed by atoms with van der Waals surface area (Å²) in [5.41, 5.74) is 17.1. The summed E-state index contributed by atoms with van der Waals surface area (Å²) in [7, 11) is 0. The Bertz CT molecular complexity index is 3040. The van der Waals surface area contributed by atoms with Crippen LogP contribution >= 0.6 is 0 Å². The summed E-state index contributed by atoms with van der Waals surface area (Å²) in [5.74, 6) is 3.01. The number of pyridine rings is 1. The smallest absolute Gasteiger partial charge is 0.136 e. The van der Waals surface area contributed by atoms with Crippen LogP contribution in [0.4, 0.5) is 0 Å². The summed E-state index contributed by atoms with van der Waals surface area (Å²) in [6.45, 7) is 0. The third kappa shape index (κ3) is 4.50. The molecular formula is C55H41NO. The maximum Gasteiger partial charge on any atom is 0.136 e. The van der Waals surface area contributed by atoms with E-state index < -0.39 is 0 Å². The molecule has 0 radical (unpaired) electrons. The van der Waals surface area contributed by atoms with Crippen molar-refractivity contribution in [1.29, 1.82) is 0 Å². The van der Waals surface area contributed by atoms with Crippen molar-refractivity contribution < 1.29 is 4.42 Å². The second-order valence-electron chi connectivity index (χ2n) is 17.5. The standard InChI is InChI=1S/C55H41NO/c1-3-11-35(12-4-1)36-19-21-37(22-20-36)39-30-48(38-13-5-2-6-14-38)56-49(31-39)45-32-47-52(43-16-8-7-15-42(43)45)54-46(23-24-51-53(54)44-17-9-10-18-50(44)57-51)55(47)40-26-33-25-34(28-40)29-41(55)27-33/h1-24,30-34,40-41H,25-29H2. The molecule has 2 heteroatoms. The molecule has 57 heavy (non-hydrogen) atoms. The molecule has 2 heterocycles. The van der Waals surface area contributed by atoms with Crippen molar-refractivity contribution in [1.82, 2.24) is 4.98 Å². The minimum atomic E-state index is -0.0173. The number of fused-ring (bicyclic) bond motifs is 9. The largest absolute Gasteiger partial charge is 0.456 e. The maximum absolute atomic E-state index is 6.62. The first-order chi connectivity index (χ1) is 28.2. The molecule has 0 amide bonds. The minimum Gasteiger partial charge on any atom is -0.456 e. The van der Waals surface area contributed by atoms with Gasteiger partial charge in [-0.3, -0.25) is 0 Å². The fourth-order valence-electron chi connectivity index (χ4n) is 12.6. The zero-order valence-corrected chi connectivity index (χ0v) is 31.8. The molecule has 272 valence electrons. The Morgan fingerprint density at radius 2 is 1.00 bits per heavy atom. The molecule has 0 saturated heterocycles. The van der Waals surface area contributed by atoms with Gasteiger partial charge in [-0.05, 0) is 141 Å². The Morgan fingerprint density at radius 1 is 0.421 bits per heavy atom. The Morgan fingerprint density at radius 3 is 1.72 bits per heavy atom. The quantitative estimate of drug-likeness (QED) is 0.180. The van der Waals surface area contributed by atoms with Crippen LogP contribution in [0.15, 0.2) is 168 Å². The molecular weight excluding hydrogens is 691 g/mol. The lowest BCUT2D eigenvalue weighted by Gasteiger charge is -2.61. The predicted octanol–water partition coefficient (Wildman–Crippen LogP) is 14.5. The highest BCUT2D eigenvalue weighted by Gasteiger charge is 2.62. The van der Waals surface area contributed by atoms with E-state index in [-0.39, 0.29) is 5.41 Å². The van der Waals surface area contributed by atoms with Gasteiger partial charge in [-0.1, -0.05) is 133 Å². The van der Waals surface area contributed by atoms with Gasteiger partial charge >= 0.3 is 0 Å². The zero-order chi connectivity index (χ0) is 37.2. The Balaban J connectivity index is 1.09. The van der Waals surface area contributed by atoms with Gasteiger partial charge < -0.3 is 4.42 Å². The number of para-hydroxylation sites is 1. The first kappa shape index (κ1) is 31.9. The van der Waals surface area contributed by atoms with E-state index in [1.807, 2.05) is 0 Å². The number of benzene rings is 7. The molecule has 4 saturated carbocycles. The van der Waals surface area contributed by atoms with Crippen molar-refractivity contribution in [2.24, 2.45) is 23.7 Å². The van der Waals surface area contributed by atoms with E-state index >= 15 is 0 Å². The second-order valence-corrected chi connectivity index (χ2v) is 17.5. The fraction of sp³-hybridized carbons (Fsp3) is 0.182. The van der Waals surface area contributed by atoms with Crippen LogP contribution in [-0.4, -0.2) is 4.98 Å². The van der Waals surface area contributed by atoms with Crippen molar-refractivity contribution in [2.75, 3.05) is 0 Å². The number of furan rings is 1. The molecule has 7 aromatic carbocycles. The van der Waals surface area contributed by atoms with Gasteiger partial charge in [0.25, 0.3) is 0 Å². The van der Waals surface area contributed by atoms with Crippen LogP contribution in [0.2, 0.25) is 0 Å². The van der Waals surface area contributed by atoms with Crippen LogP contribution in [-0.2, 0) is 5.41 Å². The van der Waals surface area contributed by atoms with Crippen LogP contribution in [0.1, 0.15) is 43.2 Å². The van der Waals surface area contributed by atoms with Crippen LogP contribution in [0.3, 0.4) is 0 Å². The average Bonchev–Trinajstić information content (AvgIpc) is 3.79. The van der Waals surface area contributed by atoms with Gasteiger partial charge in [-0.25, -0.2) is 4.98 Å². The van der Waals surface area contributed by atoms with Crippen LogP contribution in [0.5, 0.6) is 0 Å². The number of nitrogens with zero attached hydrogens (tertiary/aromatic N) is 1. The molecule has 0 unspecified atom stereocenters. The topological polar surface area (TPSA) is 26.0 Å². The van der Waals surface area contributed by atoms with Crippen molar-refractivity contribution >= 4 is 32.7 Å². The van der Waals surface area contributed by atoms with E-state index in [2.05, 4.69) is 164 Å². The summed E-state index contributed by atoms with van der Waals surface area (Å²) in [6, 6.07) is 60.4. The van der Waals surface area contributed by atoms with Crippen molar-refractivity contribution in [3.05, 3.63) is 175 Å². The summed E-state index contributed by atoms with van der Waals surface area (Å²) < 4.78 is 6.62. The summed E-state index contributed by atoms with van der Waals surface area (Å²) >= 11 is 0. The molecule has 9 aromatic rings. The lowest BCUT2D eigenvalue weighted by atomic mass is 9.43. The predicted molar refractivity (Wildman–Crippen MR) is 234 cm³/mol. The van der Waals surface area contributed by atoms with Crippen LogP contribution < -0.4 is 0 Å². The van der Waals surface area contributed by atoms with Gasteiger partial charge in [0.1, 0.15) is 11.2 Å². The Kier molecular flexibility index (Phi) is 6.65. The molecule has 0 aliphatic heterocycles. The lowest BCUT2D eigenvalue weighted by molar-refractivity contribution is -0.0398. The number of hydrogen-bond donors (Lipinski definition) is 0. The Hall–Kier alpha value is -6.25. The third-order valence-corrected chi connectivity index (χ3v) is 14.7. The van der Waals surface area contributed by atoms with Gasteiger partial charge in [0.05, 0.1) is 11.4 Å². The molecule has 0 N–H and O–H groups in total. The highest BCUT2D eigenvalue weighted by molar-refractivity contribution is 6.20. The molecule has 2 aromatic heterocycles. The monoisotopic (exact) mass is 731 g/mol. The lowest BCUT2D eigenvalue weighted by Crippen LogP contribution is -2.55. The highest BCUT2D eigenvalue weighted by Crippen LogP contribution is 2.71. The van der Waals surface area contributed by atoms with E-state index in [0.717, 1.165) is 40.0 Å². The molecule has 4 fully saturated rings. The molecule has 1 spiro atoms. The van der Waals surface area contributed by atoms with Gasteiger partial charge in [-0.15, -0.1) is 0 Å². The molecule has 5 aliphatic rings. The molecule has 5 aliphatic carbocycles. The summed E-state index contributed by atoms with van der Waals surface area (Å²) in [5, 5.41) is 5.11. The first-order valence-electron chi connectivity index (χ1n) is 21.0. The number of rotatable bonds is 4. The van der Waals surface area contributed by atoms with E-state index in [1.165, 1.54) is 92.6 Å².